The van der Waals surface area contributed by atoms with Crippen molar-refractivity contribution < 1.29 is 9.92 Å². The second kappa shape index (κ2) is 5.46. The number of rotatable bonds is 5. The van der Waals surface area contributed by atoms with E-state index in [1.807, 2.05) is 0 Å². The van der Waals surface area contributed by atoms with Crippen molar-refractivity contribution in [1.29, 1.82) is 0 Å². The summed E-state index contributed by atoms with van der Waals surface area (Å²) in [5.74, 6) is 0. The van der Waals surface area contributed by atoms with Gasteiger partial charge in [-0.15, -0.1) is 10.1 Å². The molecule has 1 atom stereocenters. The number of azide groups is 1. The van der Waals surface area contributed by atoms with Crippen LogP contribution < -0.4 is 0 Å². The molecule has 0 aliphatic carbocycles. The predicted octanol–water partition coefficient (Wildman–Crippen LogP) is 2.25. The maximum Gasteiger partial charge on any atom is 0.295 e. The Kier molecular flexibility index (Phi) is 3.93. The van der Waals surface area contributed by atoms with Crippen LogP contribution in [0.2, 0.25) is 0 Å². The van der Waals surface area contributed by atoms with Gasteiger partial charge in [0.15, 0.2) is 0 Å². The first-order valence-electron chi connectivity index (χ1n) is 4.11. The highest BCUT2D eigenvalue weighted by molar-refractivity contribution is 5.17. The van der Waals surface area contributed by atoms with Crippen LogP contribution >= 0.6 is 0 Å². The topological polar surface area (TPSA) is 101 Å². The van der Waals surface area contributed by atoms with Gasteiger partial charge in [-0.25, -0.2) is 0 Å². The van der Waals surface area contributed by atoms with Gasteiger partial charge < -0.3 is 4.84 Å². The maximum absolute atomic E-state index is 10.2. The monoisotopic (exact) mass is 208 g/mol. The van der Waals surface area contributed by atoms with E-state index in [1.165, 1.54) is 0 Å². The molecule has 0 spiro atoms. The third-order valence-corrected chi connectivity index (χ3v) is 1.70. The Labute approximate surface area is 85.0 Å². The van der Waals surface area contributed by atoms with Gasteiger partial charge in [-0.3, -0.25) is 0 Å². The highest BCUT2D eigenvalue weighted by atomic mass is 17.0. The van der Waals surface area contributed by atoms with E-state index < -0.39 is 11.2 Å². The van der Waals surface area contributed by atoms with Crippen LogP contribution in [0.25, 0.3) is 10.4 Å². The zero-order valence-corrected chi connectivity index (χ0v) is 7.68. The summed E-state index contributed by atoms with van der Waals surface area (Å²) in [7, 11) is 0. The lowest BCUT2D eigenvalue weighted by Gasteiger charge is -2.11. The zero-order valence-electron chi connectivity index (χ0n) is 7.68. The Hall–Kier alpha value is -2.27. The summed E-state index contributed by atoms with van der Waals surface area (Å²) >= 11 is 0. The molecule has 1 rings (SSSR count). The fraction of sp³-hybridized carbons (Fsp3) is 0.250. The van der Waals surface area contributed by atoms with Gasteiger partial charge in [0.1, 0.15) is 6.10 Å². The molecule has 0 amide bonds. The summed E-state index contributed by atoms with van der Waals surface area (Å²) in [5.41, 5.74) is 8.73. The van der Waals surface area contributed by atoms with Crippen LogP contribution in [0.3, 0.4) is 0 Å². The number of hydrogen-bond acceptors (Lipinski definition) is 4. The molecule has 0 fully saturated rings. The molecule has 78 valence electrons. The predicted molar refractivity (Wildman–Crippen MR) is 51.3 cm³/mol. The molecular weight excluding hydrogens is 200 g/mol. The largest absolute Gasteiger partial charge is 0.306 e. The molecule has 0 aliphatic heterocycles. The number of nitrogens with zero attached hydrogens (tertiary/aromatic N) is 4. The molecule has 0 aliphatic rings. The lowest BCUT2D eigenvalue weighted by Crippen LogP contribution is -2.12. The van der Waals surface area contributed by atoms with E-state index >= 15 is 0 Å². The van der Waals surface area contributed by atoms with Gasteiger partial charge >= 0.3 is 0 Å². The maximum atomic E-state index is 10.2. The van der Waals surface area contributed by atoms with Crippen LogP contribution in [-0.4, -0.2) is 11.6 Å². The molecule has 7 nitrogen and oxygen atoms in total. The molecule has 1 unspecified atom stereocenters. The average Bonchev–Trinajstić information content (AvgIpc) is 2.25. The second-order valence-corrected chi connectivity index (χ2v) is 2.64. The molecule has 0 bridgehead atoms. The Morgan fingerprint density at radius 3 is 2.73 bits per heavy atom. The molecule has 0 aromatic heterocycles. The van der Waals surface area contributed by atoms with E-state index in [1.54, 1.807) is 30.3 Å². The van der Waals surface area contributed by atoms with E-state index in [-0.39, 0.29) is 6.54 Å². The van der Waals surface area contributed by atoms with E-state index in [0.717, 1.165) is 0 Å². The van der Waals surface area contributed by atoms with Crippen molar-refractivity contribution in [2.75, 3.05) is 6.54 Å². The molecular formula is C8H8N4O3. The second-order valence-electron chi connectivity index (χ2n) is 2.64. The van der Waals surface area contributed by atoms with Gasteiger partial charge in [0.25, 0.3) is 5.09 Å². The average molecular weight is 208 g/mol. The van der Waals surface area contributed by atoms with Crippen LogP contribution in [-0.2, 0) is 4.84 Å². The molecule has 1 aromatic rings. The summed E-state index contributed by atoms with van der Waals surface area (Å²) in [6.07, 6.45) is -0.850. The summed E-state index contributed by atoms with van der Waals surface area (Å²) < 4.78 is 0. The fourth-order valence-corrected chi connectivity index (χ4v) is 1.08. The molecule has 0 saturated heterocycles. The van der Waals surface area contributed by atoms with Gasteiger partial charge in [0.05, 0.1) is 6.54 Å². The van der Waals surface area contributed by atoms with Crippen molar-refractivity contribution in [3.8, 4) is 0 Å². The van der Waals surface area contributed by atoms with E-state index in [9.17, 15) is 10.1 Å². The van der Waals surface area contributed by atoms with Crippen molar-refractivity contribution >= 4 is 0 Å². The molecule has 7 heteroatoms. The Morgan fingerprint density at radius 2 is 2.20 bits per heavy atom. The van der Waals surface area contributed by atoms with Gasteiger partial charge in [0.2, 0.25) is 0 Å². The van der Waals surface area contributed by atoms with Crippen LogP contribution in [0.4, 0.5) is 0 Å². The van der Waals surface area contributed by atoms with E-state index in [0.29, 0.717) is 5.56 Å². The first-order chi connectivity index (χ1) is 7.24. The highest BCUT2D eigenvalue weighted by Gasteiger charge is 2.14. The van der Waals surface area contributed by atoms with E-state index in [2.05, 4.69) is 14.9 Å². The van der Waals surface area contributed by atoms with Gasteiger partial charge in [-0.1, -0.05) is 35.4 Å². The smallest absolute Gasteiger partial charge is 0.295 e. The first kappa shape index (κ1) is 10.8. The zero-order chi connectivity index (χ0) is 11.1. The lowest BCUT2D eigenvalue weighted by molar-refractivity contribution is -0.770. The number of benzene rings is 1. The highest BCUT2D eigenvalue weighted by Crippen LogP contribution is 2.17. The normalized spacial score (nSPS) is 11.2. The quantitative estimate of drug-likeness (QED) is 0.244. The Morgan fingerprint density at radius 1 is 1.53 bits per heavy atom. The summed E-state index contributed by atoms with van der Waals surface area (Å²) in [6, 6.07) is 8.56. The van der Waals surface area contributed by atoms with Gasteiger partial charge in [0, 0.05) is 4.91 Å². The van der Waals surface area contributed by atoms with Crippen molar-refractivity contribution in [3.63, 3.8) is 0 Å². The molecule has 0 heterocycles. The first-order valence-corrected chi connectivity index (χ1v) is 4.11. The van der Waals surface area contributed by atoms with Crippen LogP contribution in [0.1, 0.15) is 11.7 Å². The van der Waals surface area contributed by atoms with Crippen molar-refractivity contribution in [2.24, 2.45) is 5.11 Å². The minimum absolute atomic E-state index is 0.110. The minimum Gasteiger partial charge on any atom is -0.306 e. The van der Waals surface area contributed by atoms with Crippen LogP contribution in [0, 0.1) is 10.1 Å². The number of hydrogen-bond donors (Lipinski definition) is 0. The SMILES string of the molecule is [N-]=[N+]=NCC(O[N+](=O)[O-])c1ccccc1. The lowest BCUT2D eigenvalue weighted by atomic mass is 10.1. The Balaban J connectivity index is 2.80. The van der Waals surface area contributed by atoms with Gasteiger partial charge in [-0.05, 0) is 11.1 Å². The third kappa shape index (κ3) is 3.53. The van der Waals surface area contributed by atoms with Crippen molar-refractivity contribution in [3.05, 3.63) is 56.5 Å². The summed E-state index contributed by atoms with van der Waals surface area (Å²) in [5, 5.41) is 12.5. The molecule has 1 aromatic carbocycles. The van der Waals surface area contributed by atoms with E-state index in [4.69, 9.17) is 5.53 Å². The van der Waals surface area contributed by atoms with Gasteiger partial charge in [-0.2, -0.15) is 0 Å². The molecule has 0 radical (unpaired) electrons. The molecule has 0 N–H and O–H groups in total. The summed E-state index contributed by atoms with van der Waals surface area (Å²) in [4.78, 5) is 17.1. The standard InChI is InChI=1S/C8H8N4O3/c9-11-10-6-8(15-12(13)14)7-4-2-1-3-5-7/h1-5,8H,6H2. The summed E-state index contributed by atoms with van der Waals surface area (Å²) in [6.45, 7) is -0.110. The molecule has 15 heavy (non-hydrogen) atoms. The molecule has 0 saturated carbocycles. The van der Waals surface area contributed by atoms with Crippen LogP contribution in [0.15, 0.2) is 35.4 Å². The third-order valence-electron chi connectivity index (χ3n) is 1.70. The Bertz CT molecular complexity index is 371. The van der Waals surface area contributed by atoms with Crippen LogP contribution in [0.5, 0.6) is 0 Å². The van der Waals surface area contributed by atoms with Crippen molar-refractivity contribution in [2.45, 2.75) is 6.10 Å². The minimum atomic E-state index is -0.898. The van der Waals surface area contributed by atoms with Crippen molar-refractivity contribution in [1.82, 2.24) is 0 Å². The fourth-order valence-electron chi connectivity index (χ4n) is 1.08.